The molecule has 31 heavy (non-hydrogen) atoms. The highest BCUT2D eigenvalue weighted by molar-refractivity contribution is 7.92. The number of rotatable bonds is 9. The molecule has 0 spiro atoms. The molecule has 3 rings (SSSR count). The Morgan fingerprint density at radius 3 is 2.71 bits per heavy atom. The minimum Gasteiger partial charge on any atom is -0.454 e. The van der Waals surface area contributed by atoms with Crippen molar-refractivity contribution in [3.05, 3.63) is 65.0 Å². The lowest BCUT2D eigenvalue weighted by Crippen LogP contribution is -2.18. The lowest BCUT2D eigenvalue weighted by atomic mass is 10.2. The maximum atomic E-state index is 12.9. The molecule has 164 valence electrons. The average molecular weight is 444 g/mol. The third-order valence-corrected chi connectivity index (χ3v) is 6.19. The first-order valence-corrected chi connectivity index (χ1v) is 11.4. The summed E-state index contributed by atoms with van der Waals surface area (Å²) in [6.45, 7) is 6.10. The van der Waals surface area contributed by atoms with Crippen molar-refractivity contribution in [1.29, 1.82) is 0 Å². The number of aromatic nitrogens is 4. The number of benzene rings is 2. The van der Waals surface area contributed by atoms with E-state index in [0.717, 1.165) is 18.4 Å². The molecule has 0 radical (unpaired) electrons. The van der Waals surface area contributed by atoms with Crippen LogP contribution >= 0.6 is 0 Å². The zero-order valence-electron chi connectivity index (χ0n) is 17.7. The highest BCUT2D eigenvalue weighted by atomic mass is 32.2. The Labute approximate surface area is 181 Å². The molecule has 2 aromatic carbocycles. The van der Waals surface area contributed by atoms with E-state index >= 15 is 0 Å². The highest BCUT2D eigenvalue weighted by Crippen LogP contribution is 2.23. The maximum absolute atomic E-state index is 12.9. The van der Waals surface area contributed by atoms with Crippen molar-refractivity contribution in [2.45, 2.75) is 51.7 Å². The number of ether oxygens (including phenoxy) is 1. The summed E-state index contributed by atoms with van der Waals surface area (Å²) in [6, 6.07) is 11.5. The lowest BCUT2D eigenvalue weighted by molar-refractivity contribution is 0.0457. The van der Waals surface area contributed by atoms with Crippen LogP contribution in [0.3, 0.4) is 0 Å². The SMILES string of the molecule is CCCCn1nnnc1COC(=O)c1ccccc1NS(=O)(=O)c1cc(C)ccc1C. The summed E-state index contributed by atoms with van der Waals surface area (Å²) in [6.07, 6.45) is 1.88. The van der Waals surface area contributed by atoms with Gasteiger partial charge in [-0.2, -0.15) is 0 Å². The van der Waals surface area contributed by atoms with Crippen molar-refractivity contribution in [2.24, 2.45) is 0 Å². The van der Waals surface area contributed by atoms with E-state index in [1.54, 1.807) is 35.9 Å². The fourth-order valence-corrected chi connectivity index (χ4v) is 4.37. The van der Waals surface area contributed by atoms with Gasteiger partial charge in [0.1, 0.15) is 0 Å². The number of carbonyl (C=O) groups is 1. The zero-order chi connectivity index (χ0) is 22.4. The minimum absolute atomic E-state index is 0.101. The van der Waals surface area contributed by atoms with Crippen LogP contribution in [0.2, 0.25) is 0 Å². The smallest absolute Gasteiger partial charge is 0.340 e. The van der Waals surface area contributed by atoms with Crippen molar-refractivity contribution >= 4 is 21.7 Å². The number of esters is 1. The number of para-hydroxylation sites is 1. The molecular formula is C21H25N5O4S. The zero-order valence-corrected chi connectivity index (χ0v) is 18.5. The standard InChI is InChI=1S/C21H25N5O4S/c1-4-5-12-26-20(22-24-25-26)14-30-21(27)17-8-6-7-9-18(17)23-31(28,29)19-13-15(2)10-11-16(19)3/h6-11,13,23H,4-5,12,14H2,1-3H3. The first-order chi connectivity index (χ1) is 14.8. The predicted octanol–water partition coefficient (Wildman–Crippen LogP) is 3.25. The number of hydrogen-bond acceptors (Lipinski definition) is 7. The van der Waals surface area contributed by atoms with Gasteiger partial charge in [0.2, 0.25) is 0 Å². The number of tetrazole rings is 1. The van der Waals surface area contributed by atoms with Crippen LogP contribution in [0.4, 0.5) is 5.69 Å². The van der Waals surface area contributed by atoms with Crippen molar-refractivity contribution < 1.29 is 17.9 Å². The van der Waals surface area contributed by atoms with Gasteiger partial charge in [-0.3, -0.25) is 4.72 Å². The summed E-state index contributed by atoms with van der Waals surface area (Å²) in [4.78, 5) is 12.9. The summed E-state index contributed by atoms with van der Waals surface area (Å²) in [5, 5.41) is 11.4. The third-order valence-electron chi connectivity index (χ3n) is 4.69. The molecule has 0 amide bonds. The fourth-order valence-electron chi connectivity index (χ4n) is 2.96. The second kappa shape index (κ2) is 9.69. The monoisotopic (exact) mass is 443 g/mol. The van der Waals surface area contributed by atoms with Gasteiger partial charge in [-0.1, -0.05) is 37.6 Å². The van der Waals surface area contributed by atoms with Crippen molar-refractivity contribution in [3.8, 4) is 0 Å². The number of hydrogen-bond donors (Lipinski definition) is 1. The van der Waals surface area contributed by atoms with E-state index in [0.29, 0.717) is 17.9 Å². The summed E-state index contributed by atoms with van der Waals surface area (Å²) in [7, 11) is -3.89. The van der Waals surface area contributed by atoms with Gasteiger partial charge in [-0.15, -0.1) is 5.10 Å². The Kier molecular flexibility index (Phi) is 7.01. The number of aryl methyl sites for hydroxylation is 3. The number of carbonyl (C=O) groups excluding carboxylic acids is 1. The molecule has 0 saturated carbocycles. The molecule has 1 heterocycles. The van der Waals surface area contributed by atoms with E-state index in [1.165, 1.54) is 12.1 Å². The van der Waals surface area contributed by atoms with E-state index in [9.17, 15) is 13.2 Å². The number of sulfonamides is 1. The number of nitrogens with one attached hydrogen (secondary N) is 1. The van der Waals surface area contributed by atoms with Gasteiger partial charge in [0, 0.05) is 6.54 Å². The molecule has 0 atom stereocenters. The van der Waals surface area contributed by atoms with Crippen LogP contribution in [-0.4, -0.2) is 34.6 Å². The molecule has 0 aliphatic rings. The Hall–Kier alpha value is -3.27. The molecule has 0 aliphatic carbocycles. The number of anilines is 1. The maximum Gasteiger partial charge on any atom is 0.340 e. The highest BCUT2D eigenvalue weighted by Gasteiger charge is 2.21. The van der Waals surface area contributed by atoms with E-state index in [1.807, 2.05) is 13.0 Å². The fraction of sp³-hybridized carbons (Fsp3) is 0.333. The van der Waals surface area contributed by atoms with Gasteiger partial charge in [0.25, 0.3) is 10.0 Å². The quantitative estimate of drug-likeness (QED) is 0.505. The van der Waals surface area contributed by atoms with Crippen molar-refractivity contribution in [1.82, 2.24) is 20.2 Å². The topological polar surface area (TPSA) is 116 Å². The van der Waals surface area contributed by atoms with Crippen LogP contribution in [0.1, 0.15) is 47.1 Å². The summed E-state index contributed by atoms with van der Waals surface area (Å²) < 4.78 is 35.4. The van der Waals surface area contributed by atoms with Gasteiger partial charge in [-0.25, -0.2) is 17.9 Å². The molecular weight excluding hydrogens is 418 g/mol. The average Bonchev–Trinajstić information content (AvgIpc) is 3.19. The van der Waals surface area contributed by atoms with E-state index in [-0.39, 0.29) is 22.8 Å². The molecule has 1 N–H and O–H groups in total. The third kappa shape index (κ3) is 5.46. The second-order valence-corrected chi connectivity index (χ2v) is 8.82. The Morgan fingerprint density at radius 1 is 1.16 bits per heavy atom. The van der Waals surface area contributed by atoms with Crippen LogP contribution in [0.25, 0.3) is 0 Å². The number of nitrogens with zero attached hydrogens (tertiary/aromatic N) is 4. The largest absolute Gasteiger partial charge is 0.454 e. The molecule has 0 aliphatic heterocycles. The van der Waals surface area contributed by atoms with E-state index in [4.69, 9.17) is 4.74 Å². The predicted molar refractivity (Wildman–Crippen MR) is 115 cm³/mol. The Morgan fingerprint density at radius 2 is 1.94 bits per heavy atom. The molecule has 1 aromatic heterocycles. The Balaban J connectivity index is 1.78. The molecule has 0 unspecified atom stereocenters. The first-order valence-electron chi connectivity index (χ1n) is 9.93. The van der Waals surface area contributed by atoms with Crippen molar-refractivity contribution in [2.75, 3.05) is 4.72 Å². The van der Waals surface area contributed by atoms with Crippen LogP contribution in [0.5, 0.6) is 0 Å². The van der Waals surface area contributed by atoms with Gasteiger partial charge in [-0.05, 0) is 60.0 Å². The van der Waals surface area contributed by atoms with Crippen LogP contribution in [0.15, 0.2) is 47.4 Å². The van der Waals surface area contributed by atoms with Gasteiger partial charge < -0.3 is 4.74 Å². The minimum atomic E-state index is -3.89. The van der Waals surface area contributed by atoms with Crippen LogP contribution < -0.4 is 4.72 Å². The van der Waals surface area contributed by atoms with Gasteiger partial charge >= 0.3 is 5.97 Å². The molecule has 0 fully saturated rings. The normalized spacial score (nSPS) is 11.3. The van der Waals surface area contributed by atoms with Gasteiger partial charge in [0.15, 0.2) is 12.4 Å². The molecule has 0 bridgehead atoms. The second-order valence-electron chi connectivity index (χ2n) is 7.17. The Bertz CT molecular complexity index is 1170. The summed E-state index contributed by atoms with van der Waals surface area (Å²) in [5.74, 6) is -0.250. The first kappa shape index (κ1) is 22.4. The molecule has 0 saturated heterocycles. The number of unbranched alkanes of at least 4 members (excludes halogenated alkanes) is 1. The van der Waals surface area contributed by atoms with Crippen LogP contribution in [0, 0.1) is 13.8 Å². The van der Waals surface area contributed by atoms with Crippen molar-refractivity contribution in [3.63, 3.8) is 0 Å². The van der Waals surface area contributed by atoms with Crippen LogP contribution in [-0.2, 0) is 27.9 Å². The molecule has 3 aromatic rings. The summed E-state index contributed by atoms with van der Waals surface area (Å²) in [5.41, 5.74) is 1.67. The van der Waals surface area contributed by atoms with E-state index < -0.39 is 16.0 Å². The summed E-state index contributed by atoms with van der Waals surface area (Å²) >= 11 is 0. The lowest BCUT2D eigenvalue weighted by Gasteiger charge is -2.14. The van der Waals surface area contributed by atoms with Gasteiger partial charge in [0.05, 0.1) is 16.1 Å². The molecule has 9 nitrogen and oxygen atoms in total. The molecule has 10 heteroatoms. The van der Waals surface area contributed by atoms with E-state index in [2.05, 4.69) is 27.2 Å².